The maximum Gasteiger partial charge on any atom is 0.243 e. The fourth-order valence-electron chi connectivity index (χ4n) is 3.20. The first kappa shape index (κ1) is 23.2. The molecule has 0 radical (unpaired) electrons. The second-order valence-corrected chi connectivity index (χ2v) is 11.1. The van der Waals surface area contributed by atoms with Crippen LogP contribution in [0.2, 0.25) is 0 Å². The highest BCUT2D eigenvalue weighted by Crippen LogP contribution is 2.22. The van der Waals surface area contributed by atoms with Gasteiger partial charge in [0.25, 0.3) is 0 Å². The lowest BCUT2D eigenvalue weighted by Crippen LogP contribution is -2.35. The van der Waals surface area contributed by atoms with Crippen molar-refractivity contribution in [2.45, 2.75) is 22.6 Å². The molecule has 2 aromatic rings. The third kappa shape index (κ3) is 5.24. The smallest absolute Gasteiger partial charge is 0.243 e. The molecule has 0 bridgehead atoms. The van der Waals surface area contributed by atoms with E-state index in [0.29, 0.717) is 24.5 Å². The van der Waals surface area contributed by atoms with Crippen molar-refractivity contribution in [1.29, 1.82) is 0 Å². The third-order valence-electron chi connectivity index (χ3n) is 4.97. The second kappa shape index (κ2) is 9.35. The van der Waals surface area contributed by atoms with Gasteiger partial charge < -0.3 is 10.1 Å². The average Bonchev–Trinajstić information content (AvgIpc) is 3.30. The number of nitrogens with zero attached hydrogens (tertiary/aromatic N) is 2. The highest BCUT2D eigenvalue weighted by molar-refractivity contribution is 7.89. The Hall–Kier alpha value is -2.47. The van der Waals surface area contributed by atoms with Gasteiger partial charge in [-0.15, -0.1) is 0 Å². The maximum atomic E-state index is 12.6. The fraction of sp³-hybridized carbons (Fsp3) is 0.350. The zero-order chi connectivity index (χ0) is 22.6. The van der Waals surface area contributed by atoms with Crippen LogP contribution in [0.25, 0.3) is 0 Å². The largest absolute Gasteiger partial charge is 0.497 e. The van der Waals surface area contributed by atoms with Crippen LogP contribution < -0.4 is 10.1 Å². The number of ether oxygens (including phenoxy) is 1. The molecule has 0 spiro atoms. The number of nitrogens with one attached hydrogen (secondary N) is 1. The molecule has 1 saturated heterocycles. The van der Waals surface area contributed by atoms with Crippen molar-refractivity contribution < 1.29 is 26.4 Å². The van der Waals surface area contributed by atoms with E-state index in [1.807, 2.05) is 0 Å². The number of amides is 1. The Labute approximate surface area is 182 Å². The molecule has 2 aromatic carbocycles. The lowest BCUT2D eigenvalue weighted by Gasteiger charge is -2.17. The van der Waals surface area contributed by atoms with Crippen LogP contribution in [-0.4, -0.2) is 65.1 Å². The summed E-state index contributed by atoms with van der Waals surface area (Å²) in [7, 11) is -4.60. The normalized spacial score (nSPS) is 15.2. The van der Waals surface area contributed by atoms with Gasteiger partial charge in [-0.2, -0.15) is 8.61 Å². The molecule has 1 fully saturated rings. The zero-order valence-corrected chi connectivity index (χ0v) is 18.9. The molecule has 1 aliphatic rings. The first-order valence-electron chi connectivity index (χ1n) is 9.65. The molecule has 0 saturated carbocycles. The molecule has 1 aliphatic heterocycles. The number of hydrogen-bond donors (Lipinski definition) is 1. The van der Waals surface area contributed by atoms with Crippen molar-refractivity contribution >= 4 is 31.6 Å². The summed E-state index contributed by atoms with van der Waals surface area (Å²) in [6.45, 7) is 0.619. The number of carbonyl (C=O) groups is 1. The Bertz CT molecular complexity index is 1120. The van der Waals surface area contributed by atoms with E-state index in [0.717, 1.165) is 17.1 Å². The lowest BCUT2D eigenvalue weighted by atomic mass is 10.3. The van der Waals surface area contributed by atoms with Gasteiger partial charge in [-0.1, -0.05) is 0 Å². The fourth-order valence-corrected chi connectivity index (χ4v) is 5.85. The van der Waals surface area contributed by atoms with Gasteiger partial charge in [0.15, 0.2) is 0 Å². The van der Waals surface area contributed by atoms with E-state index >= 15 is 0 Å². The Kier molecular flexibility index (Phi) is 6.99. The van der Waals surface area contributed by atoms with Crippen LogP contribution in [-0.2, 0) is 24.8 Å². The van der Waals surface area contributed by atoms with E-state index in [1.54, 1.807) is 0 Å². The van der Waals surface area contributed by atoms with Crippen LogP contribution in [0, 0.1) is 0 Å². The van der Waals surface area contributed by atoms with E-state index in [4.69, 9.17) is 4.74 Å². The van der Waals surface area contributed by atoms with Gasteiger partial charge in [-0.3, -0.25) is 4.79 Å². The molecule has 0 aliphatic carbocycles. The van der Waals surface area contributed by atoms with Crippen molar-refractivity contribution in [2.75, 3.05) is 39.1 Å². The topological polar surface area (TPSA) is 113 Å². The SMILES string of the molecule is COc1ccc(S(=O)(=O)N(C)CC(=O)Nc2ccc(S(=O)(=O)N3CCCC3)cc2)cc1. The number of rotatable bonds is 8. The summed E-state index contributed by atoms with van der Waals surface area (Å²) in [4.78, 5) is 12.5. The quantitative estimate of drug-likeness (QED) is 0.633. The molecule has 1 heterocycles. The van der Waals surface area contributed by atoms with Gasteiger partial charge in [0, 0.05) is 25.8 Å². The Morgan fingerprint density at radius 2 is 1.52 bits per heavy atom. The average molecular weight is 468 g/mol. The Morgan fingerprint density at radius 3 is 2.06 bits per heavy atom. The molecule has 0 aromatic heterocycles. The number of anilines is 1. The minimum Gasteiger partial charge on any atom is -0.497 e. The molecule has 11 heteroatoms. The molecule has 0 atom stereocenters. The van der Waals surface area contributed by atoms with Crippen LogP contribution in [0.3, 0.4) is 0 Å². The summed E-state index contributed by atoms with van der Waals surface area (Å²) < 4.78 is 57.8. The van der Waals surface area contributed by atoms with Gasteiger partial charge in [0.1, 0.15) is 5.75 Å². The van der Waals surface area contributed by atoms with Gasteiger partial charge >= 0.3 is 0 Å². The predicted molar refractivity (Wildman–Crippen MR) is 116 cm³/mol. The van der Waals surface area contributed by atoms with Crippen LogP contribution in [0.5, 0.6) is 5.75 Å². The molecule has 31 heavy (non-hydrogen) atoms. The molecule has 3 rings (SSSR count). The second-order valence-electron chi connectivity index (χ2n) is 7.12. The zero-order valence-electron chi connectivity index (χ0n) is 17.3. The van der Waals surface area contributed by atoms with Crippen LogP contribution in [0.1, 0.15) is 12.8 Å². The summed E-state index contributed by atoms with van der Waals surface area (Å²) in [5.74, 6) is -0.0238. The van der Waals surface area contributed by atoms with E-state index in [1.165, 1.54) is 67.0 Å². The number of benzene rings is 2. The predicted octanol–water partition coefficient (Wildman–Crippen LogP) is 1.74. The standard InChI is InChI=1S/C20H25N3O6S2/c1-22(30(25,26)18-11-7-17(29-2)8-12-18)15-20(24)21-16-5-9-19(10-6-16)31(27,28)23-13-3-4-14-23/h5-12H,3-4,13-15H2,1-2H3,(H,21,24). The van der Waals surface area contributed by atoms with Gasteiger partial charge in [-0.25, -0.2) is 16.8 Å². The molecule has 0 unspecified atom stereocenters. The Morgan fingerprint density at radius 1 is 0.968 bits per heavy atom. The molecule has 1 amide bonds. The van der Waals surface area contributed by atoms with E-state index in [-0.39, 0.29) is 9.79 Å². The highest BCUT2D eigenvalue weighted by Gasteiger charge is 2.27. The summed E-state index contributed by atoms with van der Waals surface area (Å²) in [6.07, 6.45) is 1.70. The molecular formula is C20H25N3O6S2. The van der Waals surface area contributed by atoms with E-state index in [9.17, 15) is 21.6 Å². The number of sulfonamides is 2. The van der Waals surface area contributed by atoms with Gasteiger partial charge in [0.05, 0.1) is 23.4 Å². The summed E-state index contributed by atoms with van der Waals surface area (Å²) in [5, 5.41) is 2.59. The highest BCUT2D eigenvalue weighted by atomic mass is 32.2. The van der Waals surface area contributed by atoms with E-state index in [2.05, 4.69) is 5.32 Å². The summed E-state index contributed by atoms with van der Waals surface area (Å²) in [6, 6.07) is 11.7. The molecule has 1 N–H and O–H groups in total. The molecule has 9 nitrogen and oxygen atoms in total. The first-order chi connectivity index (χ1) is 14.6. The van der Waals surface area contributed by atoms with Crippen molar-refractivity contribution in [1.82, 2.24) is 8.61 Å². The van der Waals surface area contributed by atoms with Gasteiger partial charge in [-0.05, 0) is 61.4 Å². The molecule has 168 valence electrons. The van der Waals surface area contributed by atoms with Crippen molar-refractivity contribution in [3.05, 3.63) is 48.5 Å². The minimum atomic E-state index is -3.85. The summed E-state index contributed by atoms with van der Waals surface area (Å²) >= 11 is 0. The number of carbonyl (C=O) groups excluding carboxylic acids is 1. The maximum absolute atomic E-state index is 12.6. The van der Waals surface area contributed by atoms with Gasteiger partial charge in [0.2, 0.25) is 26.0 Å². The molecular weight excluding hydrogens is 442 g/mol. The Balaban J connectivity index is 1.63. The van der Waals surface area contributed by atoms with Crippen molar-refractivity contribution in [3.63, 3.8) is 0 Å². The first-order valence-corrected chi connectivity index (χ1v) is 12.5. The van der Waals surface area contributed by atoms with Crippen LogP contribution in [0.15, 0.2) is 58.3 Å². The summed E-state index contributed by atoms with van der Waals surface area (Å²) in [5.41, 5.74) is 0.376. The number of hydrogen-bond acceptors (Lipinski definition) is 6. The third-order valence-corrected chi connectivity index (χ3v) is 8.71. The van der Waals surface area contributed by atoms with Crippen LogP contribution >= 0.6 is 0 Å². The number of methoxy groups -OCH3 is 1. The lowest BCUT2D eigenvalue weighted by molar-refractivity contribution is -0.116. The van der Waals surface area contributed by atoms with E-state index < -0.39 is 32.5 Å². The van der Waals surface area contributed by atoms with Crippen molar-refractivity contribution in [2.24, 2.45) is 0 Å². The monoisotopic (exact) mass is 467 g/mol. The minimum absolute atomic E-state index is 0.0417. The van der Waals surface area contributed by atoms with Crippen LogP contribution in [0.4, 0.5) is 5.69 Å². The number of likely N-dealkylation sites (N-methyl/N-ethyl adjacent to an activating group) is 1. The van der Waals surface area contributed by atoms with Crippen molar-refractivity contribution in [3.8, 4) is 5.75 Å².